The van der Waals surface area contributed by atoms with E-state index in [4.69, 9.17) is 16.3 Å². The van der Waals surface area contributed by atoms with Crippen LogP contribution in [0.3, 0.4) is 0 Å². The van der Waals surface area contributed by atoms with E-state index < -0.39 is 0 Å². The molecule has 0 fully saturated rings. The summed E-state index contributed by atoms with van der Waals surface area (Å²) in [6, 6.07) is 21.2. The smallest absolute Gasteiger partial charge is 0.323 e. The standard InChI is InChI=1S/C21H15ClN4O2/c22-15-5-7-16(8-6-15)24-21(27)25-17-9-11-18(12-10-17)28-20-19-4-2-1-3-14(19)13-23-26-20/h1-13H,(H2,24,25,27). The van der Waals surface area contributed by atoms with Gasteiger partial charge in [-0.2, -0.15) is 5.10 Å². The van der Waals surface area contributed by atoms with Crippen molar-refractivity contribution < 1.29 is 9.53 Å². The maximum absolute atomic E-state index is 12.1. The fourth-order valence-electron chi connectivity index (χ4n) is 2.62. The number of fused-ring (bicyclic) bond motifs is 1. The first kappa shape index (κ1) is 17.8. The Hall–Kier alpha value is -3.64. The molecule has 0 aliphatic carbocycles. The van der Waals surface area contributed by atoms with Crippen LogP contribution in [0.15, 0.2) is 79.0 Å². The number of hydrogen-bond acceptors (Lipinski definition) is 4. The molecular formula is C21H15ClN4O2. The number of carbonyl (C=O) groups is 1. The van der Waals surface area contributed by atoms with Crippen molar-refractivity contribution in [1.29, 1.82) is 0 Å². The summed E-state index contributed by atoms with van der Waals surface area (Å²) < 4.78 is 5.84. The fraction of sp³-hybridized carbons (Fsp3) is 0. The van der Waals surface area contributed by atoms with E-state index >= 15 is 0 Å². The third-order valence-electron chi connectivity index (χ3n) is 3.97. The van der Waals surface area contributed by atoms with Crippen molar-refractivity contribution >= 4 is 39.8 Å². The van der Waals surface area contributed by atoms with Crippen molar-refractivity contribution in [2.24, 2.45) is 0 Å². The van der Waals surface area contributed by atoms with Crippen LogP contribution < -0.4 is 15.4 Å². The molecule has 7 heteroatoms. The Morgan fingerprint density at radius 3 is 2.21 bits per heavy atom. The molecule has 138 valence electrons. The lowest BCUT2D eigenvalue weighted by Crippen LogP contribution is -2.19. The molecule has 1 aromatic heterocycles. The van der Waals surface area contributed by atoms with Gasteiger partial charge in [0, 0.05) is 27.2 Å². The highest BCUT2D eigenvalue weighted by molar-refractivity contribution is 6.30. The van der Waals surface area contributed by atoms with Crippen LogP contribution in [0.25, 0.3) is 10.8 Å². The van der Waals surface area contributed by atoms with Crippen LogP contribution in [0.4, 0.5) is 16.2 Å². The molecule has 0 saturated heterocycles. The summed E-state index contributed by atoms with van der Waals surface area (Å²) >= 11 is 5.83. The average Bonchev–Trinajstić information content (AvgIpc) is 2.71. The SMILES string of the molecule is O=C(Nc1ccc(Cl)cc1)Nc1ccc(Oc2nncc3ccccc23)cc1. The zero-order valence-corrected chi connectivity index (χ0v) is 15.4. The van der Waals surface area contributed by atoms with Crippen molar-refractivity contribution in [3.8, 4) is 11.6 Å². The van der Waals surface area contributed by atoms with Gasteiger partial charge in [-0.05, 0) is 54.6 Å². The van der Waals surface area contributed by atoms with Gasteiger partial charge in [0.25, 0.3) is 0 Å². The minimum absolute atomic E-state index is 0.351. The van der Waals surface area contributed by atoms with Crippen LogP contribution in [0, 0.1) is 0 Å². The van der Waals surface area contributed by atoms with E-state index in [0.29, 0.717) is 28.0 Å². The summed E-state index contributed by atoms with van der Waals surface area (Å²) in [7, 11) is 0. The predicted molar refractivity (Wildman–Crippen MR) is 110 cm³/mol. The minimum Gasteiger partial charge on any atom is -0.437 e. The van der Waals surface area contributed by atoms with E-state index in [9.17, 15) is 4.79 Å². The zero-order chi connectivity index (χ0) is 19.3. The van der Waals surface area contributed by atoms with Gasteiger partial charge >= 0.3 is 6.03 Å². The molecule has 2 N–H and O–H groups in total. The molecule has 0 atom stereocenters. The molecule has 28 heavy (non-hydrogen) atoms. The molecular weight excluding hydrogens is 376 g/mol. The largest absolute Gasteiger partial charge is 0.437 e. The van der Waals surface area contributed by atoms with Gasteiger partial charge in [-0.1, -0.05) is 29.8 Å². The van der Waals surface area contributed by atoms with Crippen molar-refractivity contribution in [2.75, 3.05) is 10.6 Å². The van der Waals surface area contributed by atoms with Crippen LogP contribution in [0.1, 0.15) is 0 Å². The Balaban J connectivity index is 1.42. The lowest BCUT2D eigenvalue weighted by atomic mass is 10.2. The third kappa shape index (κ3) is 4.19. The molecule has 2 amide bonds. The summed E-state index contributed by atoms with van der Waals surface area (Å²) in [6.07, 6.45) is 1.69. The number of aromatic nitrogens is 2. The van der Waals surface area contributed by atoms with Gasteiger partial charge < -0.3 is 15.4 Å². The first-order chi connectivity index (χ1) is 13.7. The van der Waals surface area contributed by atoms with E-state index in [1.165, 1.54) is 0 Å². The summed E-state index contributed by atoms with van der Waals surface area (Å²) in [5.74, 6) is 1.02. The van der Waals surface area contributed by atoms with Gasteiger partial charge in [0.05, 0.1) is 6.20 Å². The van der Waals surface area contributed by atoms with Gasteiger partial charge in [-0.15, -0.1) is 5.10 Å². The van der Waals surface area contributed by atoms with Gasteiger partial charge in [-0.25, -0.2) is 4.79 Å². The van der Waals surface area contributed by atoms with Crippen molar-refractivity contribution in [2.45, 2.75) is 0 Å². The number of rotatable bonds is 4. The van der Waals surface area contributed by atoms with Crippen LogP contribution in [0.5, 0.6) is 11.6 Å². The molecule has 4 rings (SSSR count). The lowest BCUT2D eigenvalue weighted by Gasteiger charge is -2.09. The quantitative estimate of drug-likeness (QED) is 0.467. The summed E-state index contributed by atoms with van der Waals surface area (Å²) in [4.78, 5) is 12.1. The highest BCUT2D eigenvalue weighted by atomic mass is 35.5. The number of carbonyl (C=O) groups excluding carboxylic acids is 1. The minimum atomic E-state index is -0.351. The maximum Gasteiger partial charge on any atom is 0.323 e. The van der Waals surface area contributed by atoms with E-state index in [-0.39, 0.29) is 6.03 Å². The van der Waals surface area contributed by atoms with E-state index in [1.807, 2.05) is 24.3 Å². The first-order valence-corrected chi connectivity index (χ1v) is 8.87. The van der Waals surface area contributed by atoms with Crippen molar-refractivity contribution in [3.05, 3.63) is 84.0 Å². The number of anilines is 2. The van der Waals surface area contributed by atoms with Crippen LogP contribution in [0.2, 0.25) is 5.02 Å². The van der Waals surface area contributed by atoms with E-state index in [2.05, 4.69) is 20.8 Å². The monoisotopic (exact) mass is 390 g/mol. The summed E-state index contributed by atoms with van der Waals surface area (Å²) in [5.41, 5.74) is 1.28. The molecule has 3 aromatic carbocycles. The maximum atomic E-state index is 12.1. The number of ether oxygens (including phenoxy) is 1. The average molecular weight is 391 g/mol. The first-order valence-electron chi connectivity index (χ1n) is 8.49. The molecule has 1 heterocycles. The number of urea groups is 1. The van der Waals surface area contributed by atoms with Crippen LogP contribution in [-0.4, -0.2) is 16.2 Å². The number of amides is 2. The second kappa shape index (κ2) is 7.94. The number of nitrogens with one attached hydrogen (secondary N) is 2. The Labute approximate surface area is 166 Å². The molecule has 0 radical (unpaired) electrons. The number of hydrogen-bond donors (Lipinski definition) is 2. The van der Waals surface area contributed by atoms with E-state index in [0.717, 1.165) is 10.8 Å². The normalized spacial score (nSPS) is 10.5. The number of benzene rings is 3. The lowest BCUT2D eigenvalue weighted by molar-refractivity contribution is 0.262. The zero-order valence-electron chi connectivity index (χ0n) is 14.6. The molecule has 4 aromatic rings. The highest BCUT2D eigenvalue weighted by Crippen LogP contribution is 2.27. The Kier molecular flexibility index (Phi) is 5.03. The molecule has 6 nitrogen and oxygen atoms in total. The topological polar surface area (TPSA) is 76.1 Å². The molecule has 0 bridgehead atoms. The Morgan fingerprint density at radius 1 is 0.857 bits per heavy atom. The second-order valence-corrected chi connectivity index (χ2v) is 6.39. The highest BCUT2D eigenvalue weighted by Gasteiger charge is 2.07. The molecule has 0 unspecified atom stereocenters. The molecule has 0 aliphatic rings. The molecule has 0 spiro atoms. The fourth-order valence-corrected chi connectivity index (χ4v) is 2.75. The molecule has 0 saturated carbocycles. The van der Waals surface area contributed by atoms with Gasteiger partial charge in [-0.3, -0.25) is 0 Å². The van der Waals surface area contributed by atoms with Gasteiger partial charge in [0.2, 0.25) is 5.88 Å². The van der Waals surface area contributed by atoms with Crippen molar-refractivity contribution in [1.82, 2.24) is 10.2 Å². The summed E-state index contributed by atoms with van der Waals surface area (Å²) in [6.45, 7) is 0. The van der Waals surface area contributed by atoms with Gasteiger partial charge in [0.15, 0.2) is 0 Å². The van der Waals surface area contributed by atoms with Crippen LogP contribution >= 0.6 is 11.6 Å². The van der Waals surface area contributed by atoms with Crippen LogP contribution in [-0.2, 0) is 0 Å². The third-order valence-corrected chi connectivity index (χ3v) is 4.22. The van der Waals surface area contributed by atoms with Crippen molar-refractivity contribution in [3.63, 3.8) is 0 Å². The number of halogens is 1. The summed E-state index contributed by atoms with van der Waals surface area (Å²) in [5, 5.41) is 16.0. The van der Waals surface area contributed by atoms with E-state index in [1.54, 1.807) is 54.7 Å². The van der Waals surface area contributed by atoms with Gasteiger partial charge in [0.1, 0.15) is 5.75 Å². The number of nitrogens with zero attached hydrogens (tertiary/aromatic N) is 2. The molecule has 0 aliphatic heterocycles. The predicted octanol–water partition coefficient (Wildman–Crippen LogP) is 5.72. The Bertz CT molecular complexity index is 1110. The second-order valence-electron chi connectivity index (χ2n) is 5.95. The Morgan fingerprint density at radius 2 is 1.50 bits per heavy atom.